The van der Waals surface area contributed by atoms with Gasteiger partial charge in [-0.15, -0.1) is 0 Å². The van der Waals surface area contributed by atoms with E-state index < -0.39 is 0 Å². The maximum atomic E-state index is 5.54. The highest BCUT2D eigenvalue weighted by molar-refractivity contribution is 5.45. The first-order valence-corrected chi connectivity index (χ1v) is 6.11. The minimum atomic E-state index is 0.344. The molecule has 0 aliphatic heterocycles. The number of aromatic nitrogens is 2. The van der Waals surface area contributed by atoms with Crippen molar-refractivity contribution in [2.75, 3.05) is 11.1 Å². The maximum absolute atomic E-state index is 5.54. The molecule has 1 aromatic rings. The van der Waals surface area contributed by atoms with Gasteiger partial charge in [0.25, 0.3) is 0 Å². The smallest absolute Gasteiger partial charge is 0.221 e. The van der Waals surface area contributed by atoms with E-state index in [0.29, 0.717) is 12.0 Å². The molecular formula is C12H22N4. The Morgan fingerprint density at radius 1 is 1.31 bits per heavy atom. The summed E-state index contributed by atoms with van der Waals surface area (Å²) in [7, 11) is 0. The van der Waals surface area contributed by atoms with Gasteiger partial charge in [0, 0.05) is 17.8 Å². The lowest BCUT2D eigenvalue weighted by atomic mass is 10.2. The van der Waals surface area contributed by atoms with Crippen LogP contribution in [0.15, 0.2) is 6.20 Å². The minimum absolute atomic E-state index is 0.344. The first-order chi connectivity index (χ1) is 7.75. The quantitative estimate of drug-likeness (QED) is 0.807. The van der Waals surface area contributed by atoms with Crippen molar-refractivity contribution in [2.24, 2.45) is 0 Å². The van der Waals surface area contributed by atoms with E-state index in [1.165, 1.54) is 25.7 Å². The third-order valence-corrected chi connectivity index (χ3v) is 2.69. The Labute approximate surface area is 97.7 Å². The van der Waals surface area contributed by atoms with Gasteiger partial charge in [0.05, 0.1) is 0 Å². The summed E-state index contributed by atoms with van der Waals surface area (Å²) >= 11 is 0. The number of anilines is 2. The molecule has 0 unspecified atom stereocenters. The zero-order chi connectivity index (χ0) is 12.0. The Hall–Kier alpha value is -1.32. The van der Waals surface area contributed by atoms with Crippen LogP contribution >= 0.6 is 0 Å². The highest BCUT2D eigenvalue weighted by Crippen LogP contribution is 2.22. The van der Waals surface area contributed by atoms with Crippen LogP contribution in [0.25, 0.3) is 0 Å². The summed E-state index contributed by atoms with van der Waals surface area (Å²) < 4.78 is 0. The summed E-state index contributed by atoms with van der Waals surface area (Å²) in [6, 6.07) is 0.572. The van der Waals surface area contributed by atoms with Crippen LogP contribution in [0.1, 0.15) is 45.1 Å². The van der Waals surface area contributed by atoms with Gasteiger partial charge in [-0.2, -0.15) is 4.98 Å². The predicted octanol–water partition coefficient (Wildman–Crippen LogP) is 2.75. The third kappa shape index (κ3) is 3.36. The van der Waals surface area contributed by atoms with E-state index in [4.69, 9.17) is 5.73 Å². The minimum Gasteiger partial charge on any atom is -0.368 e. The molecule has 0 amide bonds. The highest BCUT2D eigenvalue weighted by atomic mass is 15.1. The van der Waals surface area contributed by atoms with Gasteiger partial charge < -0.3 is 11.1 Å². The van der Waals surface area contributed by atoms with E-state index >= 15 is 0 Å². The fourth-order valence-corrected chi connectivity index (χ4v) is 1.87. The van der Waals surface area contributed by atoms with E-state index in [2.05, 4.69) is 15.3 Å². The van der Waals surface area contributed by atoms with Crippen molar-refractivity contribution in [1.29, 1.82) is 0 Å². The molecule has 0 aromatic carbocycles. The van der Waals surface area contributed by atoms with Crippen LogP contribution in [0.3, 0.4) is 0 Å². The number of nitrogens with two attached hydrogens (primary N) is 1. The van der Waals surface area contributed by atoms with Gasteiger partial charge in [0.2, 0.25) is 5.95 Å². The molecule has 0 spiro atoms. The van der Waals surface area contributed by atoms with Crippen molar-refractivity contribution in [2.45, 2.75) is 52.5 Å². The van der Waals surface area contributed by atoms with Crippen LogP contribution in [-0.4, -0.2) is 16.0 Å². The molecule has 90 valence electrons. The highest BCUT2D eigenvalue weighted by Gasteiger charge is 2.15. The molecule has 4 nitrogen and oxygen atoms in total. The van der Waals surface area contributed by atoms with Crippen LogP contribution in [0.4, 0.5) is 11.8 Å². The topological polar surface area (TPSA) is 63.8 Å². The van der Waals surface area contributed by atoms with Gasteiger partial charge in [-0.05, 0) is 19.8 Å². The van der Waals surface area contributed by atoms with E-state index in [-0.39, 0.29) is 0 Å². The molecule has 1 aromatic heterocycles. The number of nitrogen functional groups attached to an aromatic ring is 1. The summed E-state index contributed by atoms with van der Waals surface area (Å²) in [6.07, 6.45) is 6.88. The fraction of sp³-hybridized carbons (Fsp3) is 0.667. The first kappa shape index (κ1) is 12.7. The van der Waals surface area contributed by atoms with Crippen molar-refractivity contribution in [3.05, 3.63) is 11.8 Å². The third-order valence-electron chi connectivity index (χ3n) is 2.69. The van der Waals surface area contributed by atoms with Crippen molar-refractivity contribution < 1.29 is 0 Å². The Morgan fingerprint density at radius 2 is 1.94 bits per heavy atom. The molecule has 1 fully saturated rings. The van der Waals surface area contributed by atoms with Crippen LogP contribution in [0, 0.1) is 6.92 Å². The van der Waals surface area contributed by atoms with Crippen molar-refractivity contribution in [1.82, 2.24) is 9.97 Å². The summed E-state index contributed by atoms with van der Waals surface area (Å²) in [5.74, 6) is 1.24. The molecule has 1 aliphatic rings. The largest absolute Gasteiger partial charge is 0.368 e. The summed E-state index contributed by atoms with van der Waals surface area (Å²) in [4.78, 5) is 8.13. The second kappa shape index (κ2) is 6.30. The molecule has 16 heavy (non-hydrogen) atoms. The number of hydrogen-bond acceptors (Lipinski definition) is 4. The number of nitrogens with one attached hydrogen (secondary N) is 1. The molecular weight excluding hydrogens is 200 g/mol. The number of rotatable bonds is 2. The second-order valence-corrected chi connectivity index (χ2v) is 3.89. The van der Waals surface area contributed by atoms with Gasteiger partial charge in [-0.1, -0.05) is 26.7 Å². The molecule has 0 saturated heterocycles. The second-order valence-electron chi connectivity index (χ2n) is 3.89. The lowest BCUT2D eigenvalue weighted by Crippen LogP contribution is -2.17. The van der Waals surface area contributed by atoms with Crippen LogP contribution in [0.5, 0.6) is 0 Å². The molecule has 1 heterocycles. The van der Waals surface area contributed by atoms with Crippen LogP contribution in [0.2, 0.25) is 0 Å². The molecule has 4 heteroatoms. The van der Waals surface area contributed by atoms with Gasteiger partial charge >= 0.3 is 0 Å². The van der Waals surface area contributed by atoms with E-state index in [0.717, 1.165) is 11.4 Å². The molecule has 1 saturated carbocycles. The molecule has 0 bridgehead atoms. The lowest BCUT2D eigenvalue weighted by Gasteiger charge is -2.14. The SMILES string of the molecule is CC.Cc1cnc(N)nc1NC1CCCC1. The first-order valence-electron chi connectivity index (χ1n) is 6.11. The lowest BCUT2D eigenvalue weighted by molar-refractivity contribution is 0.748. The van der Waals surface area contributed by atoms with Crippen molar-refractivity contribution in [3.8, 4) is 0 Å². The molecule has 2 rings (SSSR count). The average molecular weight is 222 g/mol. The molecule has 0 atom stereocenters. The molecule has 0 radical (unpaired) electrons. The van der Waals surface area contributed by atoms with E-state index in [9.17, 15) is 0 Å². The summed E-state index contributed by atoms with van der Waals surface area (Å²) in [6.45, 7) is 6.00. The van der Waals surface area contributed by atoms with Crippen LogP contribution in [-0.2, 0) is 0 Å². The zero-order valence-corrected chi connectivity index (χ0v) is 10.5. The molecule has 3 N–H and O–H groups in total. The average Bonchev–Trinajstić information content (AvgIpc) is 2.79. The van der Waals surface area contributed by atoms with Crippen molar-refractivity contribution in [3.63, 3.8) is 0 Å². The fourth-order valence-electron chi connectivity index (χ4n) is 1.87. The van der Waals surface area contributed by atoms with Gasteiger partial charge in [0.15, 0.2) is 0 Å². The number of nitrogens with zero attached hydrogens (tertiary/aromatic N) is 2. The Bertz CT molecular complexity index is 319. The Kier molecular flexibility index (Phi) is 5.02. The standard InChI is InChI=1S/C10H16N4.C2H6/c1-7-6-12-10(11)14-9(7)13-8-4-2-3-5-8;1-2/h6,8H,2-5H2,1H3,(H3,11,12,13,14);1-2H3. The number of hydrogen-bond donors (Lipinski definition) is 2. The van der Waals surface area contributed by atoms with E-state index in [1.54, 1.807) is 6.20 Å². The Balaban J connectivity index is 0.000000606. The van der Waals surface area contributed by atoms with Crippen LogP contribution < -0.4 is 11.1 Å². The van der Waals surface area contributed by atoms with Crippen molar-refractivity contribution >= 4 is 11.8 Å². The number of aryl methyl sites for hydroxylation is 1. The predicted molar refractivity (Wildman–Crippen MR) is 68.4 cm³/mol. The normalized spacial score (nSPS) is 15.4. The Morgan fingerprint density at radius 3 is 2.56 bits per heavy atom. The van der Waals surface area contributed by atoms with Gasteiger partial charge in [0.1, 0.15) is 5.82 Å². The summed E-state index contributed by atoms with van der Waals surface area (Å²) in [5.41, 5.74) is 6.60. The zero-order valence-electron chi connectivity index (χ0n) is 10.5. The maximum Gasteiger partial charge on any atom is 0.221 e. The summed E-state index contributed by atoms with van der Waals surface area (Å²) in [5, 5.41) is 3.42. The van der Waals surface area contributed by atoms with Gasteiger partial charge in [-0.25, -0.2) is 4.98 Å². The van der Waals surface area contributed by atoms with Gasteiger partial charge in [-0.3, -0.25) is 0 Å². The monoisotopic (exact) mass is 222 g/mol. The van der Waals surface area contributed by atoms with E-state index in [1.807, 2.05) is 20.8 Å². The molecule has 1 aliphatic carbocycles.